The summed E-state index contributed by atoms with van der Waals surface area (Å²) >= 11 is 0. The molecular formula is C18H17F3N4O2. The zero-order valence-corrected chi connectivity index (χ0v) is 14.9. The van der Waals surface area contributed by atoms with Crippen LogP contribution in [0.4, 0.5) is 13.2 Å². The van der Waals surface area contributed by atoms with Gasteiger partial charge in [0.2, 0.25) is 0 Å². The topological polar surface area (TPSA) is 69.8 Å². The highest BCUT2D eigenvalue weighted by Gasteiger charge is 2.36. The Hall–Kier alpha value is -2.97. The van der Waals surface area contributed by atoms with Crippen LogP contribution in [0.5, 0.6) is 0 Å². The maximum Gasteiger partial charge on any atom is 0.423 e. The largest absolute Gasteiger partial charge is 0.423 e. The number of fused-ring (bicyclic) bond motifs is 1. The van der Waals surface area contributed by atoms with Crippen LogP contribution in [-0.2, 0) is 12.7 Å². The number of hydrogen-bond acceptors (Lipinski definition) is 4. The predicted octanol–water partition coefficient (Wildman–Crippen LogP) is 2.91. The standard InChI is InChI=1S/C18H17F3N4O2/c1-10(2)24-8-12(18(19,20)21)16(26)25(17(24)27)9-15-11(3)22-13-6-4-5-7-14(13)23-15/h4-8,10H,9H2,1-3H3. The van der Waals surface area contributed by atoms with Gasteiger partial charge in [-0.3, -0.25) is 13.9 Å². The fourth-order valence-corrected chi connectivity index (χ4v) is 2.75. The Morgan fingerprint density at radius 2 is 1.67 bits per heavy atom. The summed E-state index contributed by atoms with van der Waals surface area (Å²) in [5.41, 5.74) is -1.74. The molecule has 3 rings (SSSR count). The number of aromatic nitrogens is 4. The van der Waals surface area contributed by atoms with E-state index in [4.69, 9.17) is 0 Å². The van der Waals surface area contributed by atoms with E-state index < -0.39 is 35.6 Å². The zero-order valence-electron chi connectivity index (χ0n) is 14.9. The van der Waals surface area contributed by atoms with E-state index in [0.29, 0.717) is 27.5 Å². The third-order valence-electron chi connectivity index (χ3n) is 4.21. The molecule has 9 heteroatoms. The van der Waals surface area contributed by atoms with Gasteiger partial charge in [-0.2, -0.15) is 13.2 Å². The highest BCUT2D eigenvalue weighted by atomic mass is 19.4. The monoisotopic (exact) mass is 378 g/mol. The van der Waals surface area contributed by atoms with Gasteiger partial charge in [-0.1, -0.05) is 12.1 Å². The minimum absolute atomic E-state index is 0.266. The van der Waals surface area contributed by atoms with Crippen molar-refractivity contribution in [3.63, 3.8) is 0 Å². The average molecular weight is 378 g/mol. The Morgan fingerprint density at radius 3 is 2.22 bits per heavy atom. The molecule has 142 valence electrons. The van der Waals surface area contributed by atoms with Gasteiger partial charge in [-0.25, -0.2) is 14.8 Å². The fourth-order valence-electron chi connectivity index (χ4n) is 2.75. The molecule has 0 radical (unpaired) electrons. The number of alkyl halides is 3. The van der Waals surface area contributed by atoms with Crippen LogP contribution in [-0.4, -0.2) is 19.1 Å². The molecule has 0 aliphatic carbocycles. The van der Waals surface area contributed by atoms with Crippen LogP contribution in [0.1, 0.15) is 36.8 Å². The van der Waals surface area contributed by atoms with E-state index in [-0.39, 0.29) is 5.69 Å². The average Bonchev–Trinajstić information content (AvgIpc) is 2.57. The lowest BCUT2D eigenvalue weighted by Crippen LogP contribution is -2.44. The quantitative estimate of drug-likeness (QED) is 0.703. The highest BCUT2D eigenvalue weighted by molar-refractivity contribution is 5.74. The Bertz CT molecular complexity index is 1130. The second kappa shape index (κ2) is 6.64. The summed E-state index contributed by atoms with van der Waals surface area (Å²) in [6, 6.07) is 6.44. The number of aryl methyl sites for hydroxylation is 1. The van der Waals surface area contributed by atoms with Crippen molar-refractivity contribution in [1.29, 1.82) is 0 Å². The molecule has 0 spiro atoms. The van der Waals surface area contributed by atoms with Crippen molar-refractivity contribution in [3.8, 4) is 0 Å². The van der Waals surface area contributed by atoms with Crippen molar-refractivity contribution >= 4 is 11.0 Å². The van der Waals surface area contributed by atoms with Gasteiger partial charge in [0.25, 0.3) is 5.56 Å². The summed E-state index contributed by atoms with van der Waals surface area (Å²) in [5.74, 6) is 0. The van der Waals surface area contributed by atoms with E-state index in [1.54, 1.807) is 45.0 Å². The molecule has 0 atom stereocenters. The number of rotatable bonds is 3. The van der Waals surface area contributed by atoms with Gasteiger partial charge in [0, 0.05) is 12.2 Å². The Kier molecular flexibility index (Phi) is 4.63. The van der Waals surface area contributed by atoms with Crippen LogP contribution in [0.2, 0.25) is 0 Å². The smallest absolute Gasteiger partial charge is 0.297 e. The van der Waals surface area contributed by atoms with E-state index in [1.807, 2.05) is 0 Å². The number of hydrogen-bond donors (Lipinski definition) is 0. The first-order valence-electron chi connectivity index (χ1n) is 8.25. The van der Waals surface area contributed by atoms with E-state index in [9.17, 15) is 22.8 Å². The first-order valence-corrected chi connectivity index (χ1v) is 8.25. The van der Waals surface area contributed by atoms with Gasteiger partial charge in [0.05, 0.1) is 29.0 Å². The minimum atomic E-state index is -4.87. The van der Waals surface area contributed by atoms with Crippen LogP contribution in [0, 0.1) is 6.92 Å². The van der Waals surface area contributed by atoms with E-state index in [2.05, 4.69) is 9.97 Å². The van der Waals surface area contributed by atoms with E-state index in [0.717, 1.165) is 4.57 Å². The van der Waals surface area contributed by atoms with Crippen molar-refractivity contribution in [3.05, 3.63) is 68.3 Å². The number of halogens is 3. The molecule has 0 saturated carbocycles. The third-order valence-corrected chi connectivity index (χ3v) is 4.21. The summed E-state index contributed by atoms with van der Waals surface area (Å²) in [6.07, 6.45) is -4.29. The molecule has 6 nitrogen and oxygen atoms in total. The maximum absolute atomic E-state index is 13.3. The van der Waals surface area contributed by atoms with Crippen LogP contribution in [0.25, 0.3) is 11.0 Å². The first kappa shape index (κ1) is 18.8. The third kappa shape index (κ3) is 3.49. The van der Waals surface area contributed by atoms with Crippen molar-refractivity contribution < 1.29 is 13.2 Å². The molecule has 0 N–H and O–H groups in total. The fraction of sp³-hybridized carbons (Fsp3) is 0.333. The lowest BCUT2D eigenvalue weighted by Gasteiger charge is -2.17. The Balaban J connectivity index is 2.23. The molecule has 0 amide bonds. The van der Waals surface area contributed by atoms with Crippen molar-refractivity contribution in [2.75, 3.05) is 0 Å². The lowest BCUT2D eigenvalue weighted by molar-refractivity contribution is -0.139. The summed E-state index contributed by atoms with van der Waals surface area (Å²) < 4.78 is 41.3. The molecule has 0 fully saturated rings. The summed E-state index contributed by atoms with van der Waals surface area (Å²) in [4.78, 5) is 33.7. The second-order valence-electron chi connectivity index (χ2n) is 6.46. The zero-order chi connectivity index (χ0) is 19.9. The number of para-hydroxylation sites is 2. The van der Waals surface area contributed by atoms with Crippen molar-refractivity contribution in [2.24, 2.45) is 0 Å². The summed E-state index contributed by atoms with van der Waals surface area (Å²) in [5, 5.41) is 0. The molecule has 0 aliphatic rings. The molecule has 1 aromatic carbocycles. The second-order valence-corrected chi connectivity index (χ2v) is 6.46. The van der Waals surface area contributed by atoms with Gasteiger partial charge < -0.3 is 0 Å². The van der Waals surface area contributed by atoms with Crippen LogP contribution in [0.15, 0.2) is 40.1 Å². The van der Waals surface area contributed by atoms with Gasteiger partial charge in [0.1, 0.15) is 5.56 Å². The molecule has 2 heterocycles. The van der Waals surface area contributed by atoms with E-state index in [1.165, 1.54) is 0 Å². The summed E-state index contributed by atoms with van der Waals surface area (Å²) in [7, 11) is 0. The SMILES string of the molecule is Cc1nc2ccccc2nc1Cn1c(=O)c(C(F)(F)F)cn(C(C)C)c1=O. The molecule has 2 aromatic heterocycles. The Labute approximate surface area is 151 Å². The number of nitrogens with zero attached hydrogens (tertiary/aromatic N) is 4. The molecule has 27 heavy (non-hydrogen) atoms. The minimum Gasteiger partial charge on any atom is -0.297 e. The van der Waals surface area contributed by atoms with Gasteiger partial charge in [-0.05, 0) is 32.9 Å². The molecule has 0 saturated heterocycles. The van der Waals surface area contributed by atoms with Crippen LogP contribution in [0.3, 0.4) is 0 Å². The normalized spacial score (nSPS) is 12.1. The molecule has 0 unspecified atom stereocenters. The van der Waals surface area contributed by atoms with Gasteiger partial charge in [-0.15, -0.1) is 0 Å². The predicted molar refractivity (Wildman–Crippen MR) is 93.7 cm³/mol. The molecular weight excluding hydrogens is 361 g/mol. The highest BCUT2D eigenvalue weighted by Crippen LogP contribution is 2.26. The van der Waals surface area contributed by atoms with Crippen molar-refractivity contribution in [1.82, 2.24) is 19.1 Å². The number of benzene rings is 1. The summed E-state index contributed by atoms with van der Waals surface area (Å²) in [6.45, 7) is 4.38. The molecule has 3 aromatic rings. The first-order chi connectivity index (χ1) is 12.6. The molecule has 0 bridgehead atoms. The lowest BCUT2D eigenvalue weighted by atomic mass is 10.2. The van der Waals surface area contributed by atoms with Crippen LogP contribution < -0.4 is 11.2 Å². The molecule has 0 aliphatic heterocycles. The van der Waals surface area contributed by atoms with Gasteiger partial charge >= 0.3 is 11.9 Å². The van der Waals surface area contributed by atoms with Gasteiger partial charge in [0.15, 0.2) is 0 Å². The Morgan fingerprint density at radius 1 is 1.07 bits per heavy atom. The van der Waals surface area contributed by atoms with Crippen molar-refractivity contribution in [2.45, 2.75) is 39.5 Å². The van der Waals surface area contributed by atoms with Crippen LogP contribution >= 0.6 is 0 Å². The maximum atomic E-state index is 13.3. The van der Waals surface area contributed by atoms with E-state index >= 15 is 0 Å².